The summed E-state index contributed by atoms with van der Waals surface area (Å²) >= 11 is 1.69. The third-order valence-corrected chi connectivity index (χ3v) is 1.43. The van der Waals surface area contributed by atoms with E-state index in [2.05, 4.69) is 0 Å². The molecule has 48 valence electrons. The Bertz CT molecular complexity index is 72.0. The minimum absolute atomic E-state index is 0. The van der Waals surface area contributed by atoms with Gasteiger partial charge in [0.05, 0.1) is 0 Å². The van der Waals surface area contributed by atoms with E-state index in [9.17, 15) is 4.79 Å². The summed E-state index contributed by atoms with van der Waals surface area (Å²) in [7, 11) is 0. The molecule has 0 rings (SSSR count). The van der Waals surface area contributed by atoms with Gasteiger partial charge in [0.2, 0.25) is 0 Å². The molecule has 1 unspecified atom stereocenters. The third-order valence-electron chi connectivity index (χ3n) is 0.784. The first kappa shape index (κ1) is 12.6. The topological polar surface area (TPSA) is 43.1 Å². The average molecular weight is 155 g/mol. The van der Waals surface area contributed by atoms with Crippen LogP contribution >= 0.6 is 11.8 Å². The molecule has 4 heteroatoms. The summed E-state index contributed by atoms with van der Waals surface area (Å²) in [6.45, 7) is 0. The molecule has 0 heterocycles. The molecule has 0 aromatic rings. The van der Waals surface area contributed by atoms with Crippen LogP contribution in [-0.4, -0.2) is 24.3 Å². The first-order valence-corrected chi connectivity index (χ1v) is 3.83. The number of hydrogen-bond acceptors (Lipinski definition) is 3. The molecule has 0 fully saturated rings. The summed E-state index contributed by atoms with van der Waals surface area (Å²) in [5, 5.41) is 0. The quantitative estimate of drug-likeness (QED) is 0.352. The van der Waals surface area contributed by atoms with Gasteiger partial charge in [-0.05, 0) is 12.0 Å². The van der Waals surface area contributed by atoms with Crippen molar-refractivity contribution in [2.24, 2.45) is 5.73 Å². The molecule has 9 heavy (non-hydrogen) atoms. The first-order valence-electron chi connectivity index (χ1n) is 2.43. The van der Waals surface area contributed by atoms with E-state index in [0.717, 1.165) is 12.2 Å². The van der Waals surface area contributed by atoms with Crippen molar-refractivity contribution in [3.8, 4) is 0 Å². The zero-order valence-electron chi connectivity index (χ0n) is 5.89. The predicted molar refractivity (Wildman–Crippen MR) is 36.7 cm³/mol. The molecule has 0 aromatic carbocycles. The van der Waals surface area contributed by atoms with Gasteiger partial charge in [-0.3, -0.25) is 0 Å². The van der Waals surface area contributed by atoms with Gasteiger partial charge in [-0.2, -0.15) is 11.8 Å². The Morgan fingerprint density at radius 3 is 2.67 bits per heavy atom. The van der Waals surface area contributed by atoms with Crippen LogP contribution in [0, 0.1) is 0 Å². The van der Waals surface area contributed by atoms with E-state index in [1.807, 2.05) is 6.26 Å². The van der Waals surface area contributed by atoms with Crippen molar-refractivity contribution in [1.82, 2.24) is 0 Å². The van der Waals surface area contributed by atoms with Gasteiger partial charge in [0, 0.05) is 0 Å². The largest absolute Gasteiger partial charge is 1.00 e. The van der Waals surface area contributed by atoms with Crippen molar-refractivity contribution in [2.45, 2.75) is 12.5 Å². The summed E-state index contributed by atoms with van der Waals surface area (Å²) in [4.78, 5) is 9.75. The monoisotopic (exact) mass is 155 g/mol. The fraction of sp³-hybridized carbons (Fsp3) is 0.800. The van der Waals surface area contributed by atoms with E-state index in [1.54, 1.807) is 18.0 Å². The first-order chi connectivity index (χ1) is 3.81. The van der Waals surface area contributed by atoms with Crippen LogP contribution in [0.1, 0.15) is 6.42 Å². The van der Waals surface area contributed by atoms with Gasteiger partial charge >= 0.3 is 29.6 Å². The molecule has 0 aliphatic carbocycles. The van der Waals surface area contributed by atoms with E-state index in [4.69, 9.17) is 5.73 Å². The van der Waals surface area contributed by atoms with Crippen LogP contribution in [0.3, 0.4) is 0 Å². The Balaban J connectivity index is 0. The van der Waals surface area contributed by atoms with Gasteiger partial charge in [0.1, 0.15) is 0 Å². The third kappa shape index (κ3) is 8.98. The second-order valence-electron chi connectivity index (χ2n) is 1.51. The van der Waals surface area contributed by atoms with E-state index in [1.165, 1.54) is 0 Å². The van der Waals surface area contributed by atoms with Gasteiger partial charge < -0.3 is 10.5 Å². The normalized spacial score (nSPS) is 11.8. The Labute approximate surface area is 82.2 Å². The van der Waals surface area contributed by atoms with Crippen molar-refractivity contribution in [3.63, 3.8) is 0 Å². The number of rotatable bonds is 4. The van der Waals surface area contributed by atoms with Gasteiger partial charge in [-0.25, -0.2) is 6.29 Å². The van der Waals surface area contributed by atoms with Gasteiger partial charge in [0.25, 0.3) is 0 Å². The molecular weight excluding hydrogens is 145 g/mol. The summed E-state index contributed by atoms with van der Waals surface area (Å²) < 4.78 is 0. The van der Waals surface area contributed by atoms with Crippen LogP contribution in [0.4, 0.5) is 0 Å². The molecule has 0 aromatic heterocycles. The second kappa shape index (κ2) is 8.98. The van der Waals surface area contributed by atoms with E-state index in [0.29, 0.717) is 0 Å². The van der Waals surface area contributed by atoms with Crippen LogP contribution in [0.15, 0.2) is 0 Å². The fourth-order valence-corrected chi connectivity index (χ4v) is 0.793. The molecule has 0 bridgehead atoms. The summed E-state index contributed by atoms with van der Waals surface area (Å²) in [5.41, 5.74) is 5.22. The minimum Gasteiger partial charge on any atom is -0.540 e. The van der Waals surface area contributed by atoms with Crippen molar-refractivity contribution in [3.05, 3.63) is 0 Å². The smallest absolute Gasteiger partial charge is 0.540 e. The maximum absolute atomic E-state index is 9.75. The van der Waals surface area contributed by atoms with Crippen LogP contribution in [0.25, 0.3) is 0 Å². The summed E-state index contributed by atoms with van der Waals surface area (Å²) in [6.07, 6.45) is 4.44. The summed E-state index contributed by atoms with van der Waals surface area (Å²) in [6, 6.07) is -0.373. The zero-order chi connectivity index (χ0) is 6.41. The van der Waals surface area contributed by atoms with Gasteiger partial charge in [0.15, 0.2) is 0 Å². The molecule has 0 aliphatic heterocycles. The standard InChI is InChI=1S/C5H10NOS.Na/c1-8-3-2-5(6)4-7;/h5H,2-3,6H2,1H3;/q-1;+1. The molecule has 2 nitrogen and oxygen atoms in total. The second-order valence-corrected chi connectivity index (χ2v) is 2.49. The Morgan fingerprint density at radius 1 is 1.78 bits per heavy atom. The van der Waals surface area contributed by atoms with Crippen molar-refractivity contribution in [1.29, 1.82) is 0 Å². The number of thioether (sulfide) groups is 1. The number of hydrogen-bond donors (Lipinski definition) is 1. The van der Waals surface area contributed by atoms with Crippen molar-refractivity contribution in [2.75, 3.05) is 12.0 Å². The minimum atomic E-state index is -0.373. The Hall–Kier alpha value is 0.980. The van der Waals surface area contributed by atoms with Crippen molar-refractivity contribution >= 4 is 18.0 Å². The van der Waals surface area contributed by atoms with Crippen LogP contribution in [-0.2, 0) is 4.79 Å². The van der Waals surface area contributed by atoms with Gasteiger partial charge in [-0.1, -0.05) is 12.5 Å². The van der Waals surface area contributed by atoms with Crippen LogP contribution in [0.2, 0.25) is 0 Å². The fourth-order valence-electron chi connectivity index (χ4n) is 0.304. The maximum Gasteiger partial charge on any atom is 1.00 e. The molecule has 2 N–H and O–H groups in total. The molecule has 0 spiro atoms. The van der Waals surface area contributed by atoms with Crippen molar-refractivity contribution < 1.29 is 34.4 Å². The predicted octanol–water partition coefficient (Wildman–Crippen LogP) is -2.82. The number of nitrogens with two attached hydrogens (primary N) is 1. The SMILES string of the molecule is CSCCC(N)[C-]=O.[Na+]. The molecule has 0 aliphatic rings. The Kier molecular flexibility index (Phi) is 12.6. The van der Waals surface area contributed by atoms with E-state index >= 15 is 0 Å². The van der Waals surface area contributed by atoms with Gasteiger partial charge in [-0.15, -0.1) is 0 Å². The van der Waals surface area contributed by atoms with Crippen LogP contribution < -0.4 is 35.3 Å². The maximum atomic E-state index is 9.75. The zero-order valence-corrected chi connectivity index (χ0v) is 8.70. The molecular formula is C5H10NNaOS. The van der Waals surface area contributed by atoms with E-state index in [-0.39, 0.29) is 35.6 Å². The summed E-state index contributed by atoms with van der Waals surface area (Å²) in [5.74, 6) is 0.941. The molecule has 0 saturated carbocycles. The molecule has 0 radical (unpaired) electrons. The number of carbonyl (C=O) groups excluding carboxylic acids is 1. The van der Waals surface area contributed by atoms with E-state index < -0.39 is 0 Å². The van der Waals surface area contributed by atoms with Crippen LogP contribution in [0.5, 0.6) is 0 Å². The molecule has 0 saturated heterocycles. The average Bonchev–Trinajstić information content (AvgIpc) is 1.83. The Morgan fingerprint density at radius 2 is 2.33 bits per heavy atom. The molecule has 0 amide bonds. The molecule has 1 atom stereocenters.